The summed E-state index contributed by atoms with van der Waals surface area (Å²) < 4.78 is 8.10. The molecule has 20 heavy (non-hydrogen) atoms. The summed E-state index contributed by atoms with van der Waals surface area (Å²) in [7, 11) is 1.90. The molecule has 1 aromatic rings. The highest BCUT2D eigenvalue weighted by atomic mass is 16.5. The third-order valence-electron chi connectivity index (χ3n) is 5.95. The first-order valence-corrected chi connectivity index (χ1v) is 8.01. The zero-order valence-corrected chi connectivity index (χ0v) is 12.5. The van der Waals surface area contributed by atoms with Crippen LogP contribution in [0, 0.1) is 30.6 Å². The van der Waals surface area contributed by atoms with E-state index >= 15 is 0 Å². The molecular formula is C16H25N3O. The summed E-state index contributed by atoms with van der Waals surface area (Å²) in [5.74, 6) is 4.38. The quantitative estimate of drug-likeness (QED) is 0.922. The molecule has 4 aliphatic rings. The van der Waals surface area contributed by atoms with Gasteiger partial charge < -0.3 is 10.5 Å². The van der Waals surface area contributed by atoms with Gasteiger partial charge in [0.05, 0.1) is 18.4 Å². The zero-order valence-electron chi connectivity index (χ0n) is 12.5. The van der Waals surface area contributed by atoms with Gasteiger partial charge in [-0.2, -0.15) is 5.10 Å². The first-order valence-electron chi connectivity index (χ1n) is 8.01. The second-order valence-electron chi connectivity index (χ2n) is 7.28. The number of hydrogen-bond donors (Lipinski definition) is 1. The van der Waals surface area contributed by atoms with Crippen LogP contribution in [0.3, 0.4) is 0 Å². The van der Waals surface area contributed by atoms with Crippen molar-refractivity contribution >= 4 is 5.82 Å². The minimum absolute atomic E-state index is 0.474. The minimum Gasteiger partial charge on any atom is -0.384 e. The minimum atomic E-state index is 0.474. The Bertz CT molecular complexity index is 494. The van der Waals surface area contributed by atoms with Crippen molar-refractivity contribution in [2.75, 3.05) is 5.73 Å². The molecule has 4 fully saturated rings. The number of aryl methyl sites for hydroxylation is 2. The van der Waals surface area contributed by atoms with E-state index in [9.17, 15) is 0 Å². The number of anilines is 1. The molecule has 4 aliphatic carbocycles. The molecule has 1 heterocycles. The maximum Gasteiger partial charge on any atom is 0.127 e. The van der Waals surface area contributed by atoms with Gasteiger partial charge in [-0.3, -0.25) is 4.68 Å². The molecule has 0 unspecified atom stereocenters. The van der Waals surface area contributed by atoms with E-state index in [0.717, 1.165) is 40.7 Å². The van der Waals surface area contributed by atoms with Gasteiger partial charge in [-0.25, -0.2) is 0 Å². The number of aromatic nitrogens is 2. The molecule has 5 rings (SSSR count). The van der Waals surface area contributed by atoms with Crippen molar-refractivity contribution in [3.8, 4) is 0 Å². The van der Waals surface area contributed by atoms with Gasteiger partial charge in [0.2, 0.25) is 0 Å². The standard InChI is InChI=1S/C16H25N3O/c1-9-14(16(17)19(2)18-9)8-20-15-12-4-10-3-11(6-12)7-13(15)5-10/h10-13,15H,3-8,17H2,1-2H3. The maximum atomic E-state index is 6.35. The molecule has 2 N–H and O–H groups in total. The predicted octanol–water partition coefficient (Wildman–Crippen LogP) is 2.65. The SMILES string of the molecule is Cc1nn(C)c(N)c1COC1C2CC3CC(C2)CC1C3. The van der Waals surface area contributed by atoms with Crippen LogP contribution in [0.2, 0.25) is 0 Å². The Balaban J connectivity index is 1.47. The van der Waals surface area contributed by atoms with E-state index in [4.69, 9.17) is 10.5 Å². The van der Waals surface area contributed by atoms with Crippen LogP contribution in [0.25, 0.3) is 0 Å². The van der Waals surface area contributed by atoms with E-state index in [0.29, 0.717) is 12.7 Å². The summed E-state index contributed by atoms with van der Waals surface area (Å²) in [4.78, 5) is 0. The fraction of sp³-hybridized carbons (Fsp3) is 0.812. The molecule has 4 bridgehead atoms. The average molecular weight is 275 g/mol. The van der Waals surface area contributed by atoms with Crippen LogP contribution < -0.4 is 5.73 Å². The predicted molar refractivity (Wildman–Crippen MR) is 78.0 cm³/mol. The van der Waals surface area contributed by atoms with Gasteiger partial charge in [0.1, 0.15) is 5.82 Å². The Hall–Kier alpha value is -1.03. The largest absolute Gasteiger partial charge is 0.384 e. The molecule has 0 aliphatic heterocycles. The van der Waals surface area contributed by atoms with Gasteiger partial charge in [-0.05, 0) is 62.7 Å². The Labute approximate surface area is 120 Å². The van der Waals surface area contributed by atoms with E-state index in [1.165, 1.54) is 32.1 Å². The molecule has 0 radical (unpaired) electrons. The molecule has 110 valence electrons. The molecular weight excluding hydrogens is 250 g/mol. The van der Waals surface area contributed by atoms with Crippen molar-refractivity contribution in [2.24, 2.45) is 30.7 Å². The van der Waals surface area contributed by atoms with Gasteiger partial charge in [-0.15, -0.1) is 0 Å². The van der Waals surface area contributed by atoms with Crippen LogP contribution in [0.1, 0.15) is 43.4 Å². The molecule has 0 aromatic carbocycles. The van der Waals surface area contributed by atoms with Gasteiger partial charge in [0.15, 0.2) is 0 Å². The molecule has 0 spiro atoms. The van der Waals surface area contributed by atoms with E-state index in [-0.39, 0.29) is 0 Å². The third-order valence-corrected chi connectivity index (χ3v) is 5.95. The molecule has 1 aromatic heterocycles. The van der Waals surface area contributed by atoms with E-state index < -0.39 is 0 Å². The van der Waals surface area contributed by atoms with E-state index in [1.807, 2.05) is 14.0 Å². The molecule has 4 nitrogen and oxygen atoms in total. The number of ether oxygens (including phenoxy) is 1. The smallest absolute Gasteiger partial charge is 0.127 e. The van der Waals surface area contributed by atoms with Crippen LogP contribution >= 0.6 is 0 Å². The second-order valence-corrected chi connectivity index (χ2v) is 7.28. The zero-order chi connectivity index (χ0) is 13.9. The van der Waals surface area contributed by atoms with Crippen molar-refractivity contribution in [3.05, 3.63) is 11.3 Å². The van der Waals surface area contributed by atoms with Crippen LogP contribution in [0.4, 0.5) is 5.82 Å². The van der Waals surface area contributed by atoms with Gasteiger partial charge in [-0.1, -0.05) is 0 Å². The Kier molecular flexibility index (Phi) is 2.85. The summed E-state index contributed by atoms with van der Waals surface area (Å²) >= 11 is 0. The van der Waals surface area contributed by atoms with Crippen LogP contribution in [0.15, 0.2) is 0 Å². The molecule has 0 saturated heterocycles. The maximum absolute atomic E-state index is 6.35. The number of hydrogen-bond acceptors (Lipinski definition) is 3. The summed E-state index contributed by atoms with van der Waals surface area (Å²) in [5, 5.41) is 4.38. The third kappa shape index (κ3) is 1.88. The molecule has 4 heteroatoms. The number of rotatable bonds is 3. The van der Waals surface area contributed by atoms with Crippen LogP contribution in [-0.2, 0) is 18.4 Å². The molecule has 0 atom stereocenters. The normalized spacial score (nSPS) is 38.6. The Morgan fingerprint density at radius 3 is 2.25 bits per heavy atom. The lowest BCUT2D eigenvalue weighted by Crippen LogP contribution is -2.49. The lowest BCUT2D eigenvalue weighted by molar-refractivity contribution is -0.131. The van der Waals surface area contributed by atoms with Crippen LogP contribution in [-0.4, -0.2) is 15.9 Å². The monoisotopic (exact) mass is 275 g/mol. The van der Waals surface area contributed by atoms with Crippen molar-refractivity contribution in [3.63, 3.8) is 0 Å². The summed E-state index contributed by atoms with van der Waals surface area (Å²) in [5.41, 5.74) is 8.18. The average Bonchev–Trinajstić information content (AvgIpc) is 2.63. The Morgan fingerprint density at radius 1 is 1.15 bits per heavy atom. The number of nitrogens with two attached hydrogens (primary N) is 1. The summed E-state index contributed by atoms with van der Waals surface area (Å²) in [6.45, 7) is 2.66. The fourth-order valence-corrected chi connectivity index (χ4v) is 5.23. The lowest BCUT2D eigenvalue weighted by Gasteiger charge is -2.54. The highest BCUT2D eigenvalue weighted by molar-refractivity contribution is 5.42. The highest BCUT2D eigenvalue weighted by Gasteiger charge is 2.48. The molecule has 0 amide bonds. The summed E-state index contributed by atoms with van der Waals surface area (Å²) in [6, 6.07) is 0. The Morgan fingerprint density at radius 2 is 1.75 bits per heavy atom. The first-order chi connectivity index (χ1) is 9.61. The number of nitrogen functional groups attached to an aromatic ring is 1. The highest BCUT2D eigenvalue weighted by Crippen LogP contribution is 2.54. The lowest BCUT2D eigenvalue weighted by atomic mass is 9.55. The van der Waals surface area contributed by atoms with Gasteiger partial charge in [0.25, 0.3) is 0 Å². The van der Waals surface area contributed by atoms with Crippen molar-refractivity contribution in [1.82, 2.24) is 9.78 Å². The van der Waals surface area contributed by atoms with E-state index in [2.05, 4.69) is 5.10 Å². The van der Waals surface area contributed by atoms with Crippen molar-refractivity contribution < 1.29 is 4.74 Å². The first kappa shape index (κ1) is 12.7. The van der Waals surface area contributed by atoms with Gasteiger partial charge in [0, 0.05) is 12.6 Å². The number of nitrogens with zero attached hydrogens (tertiary/aromatic N) is 2. The van der Waals surface area contributed by atoms with E-state index in [1.54, 1.807) is 4.68 Å². The summed E-state index contributed by atoms with van der Waals surface area (Å²) in [6.07, 6.45) is 7.58. The second kappa shape index (κ2) is 4.48. The van der Waals surface area contributed by atoms with Gasteiger partial charge >= 0.3 is 0 Å². The fourth-order valence-electron chi connectivity index (χ4n) is 5.23. The van der Waals surface area contributed by atoms with Crippen molar-refractivity contribution in [1.29, 1.82) is 0 Å². The van der Waals surface area contributed by atoms with Crippen molar-refractivity contribution in [2.45, 2.75) is 51.7 Å². The van der Waals surface area contributed by atoms with Crippen LogP contribution in [0.5, 0.6) is 0 Å². The topological polar surface area (TPSA) is 53.1 Å². The molecule has 4 saturated carbocycles.